The lowest BCUT2D eigenvalue weighted by atomic mass is 10.3. The van der Waals surface area contributed by atoms with Crippen LogP contribution in [0.4, 0.5) is 0 Å². The molecule has 0 saturated carbocycles. The Morgan fingerprint density at radius 3 is 2.27 bits per heavy atom. The second kappa shape index (κ2) is 5.56. The molecule has 0 fully saturated rings. The highest BCUT2D eigenvalue weighted by molar-refractivity contribution is 5.31. The predicted molar refractivity (Wildman–Crippen MR) is 42.8 cm³/mol. The summed E-state index contributed by atoms with van der Waals surface area (Å²) in [6.45, 7) is 0. The van der Waals surface area contributed by atoms with Crippen molar-refractivity contribution in [3.8, 4) is 11.5 Å². The zero-order chi connectivity index (χ0) is 8.69. The summed E-state index contributed by atoms with van der Waals surface area (Å²) in [6.07, 6.45) is 0. The van der Waals surface area contributed by atoms with Gasteiger partial charge in [-0.15, -0.1) is 0 Å². The number of hydrogen-bond acceptors (Lipinski definition) is 3. The molecule has 0 spiro atoms. The molecular weight excluding hydrogens is 144 g/mol. The van der Waals surface area contributed by atoms with E-state index in [0.29, 0.717) is 5.75 Å². The molecule has 0 unspecified atom stereocenters. The third-order valence-corrected chi connectivity index (χ3v) is 1.05. The molecule has 2 N–H and O–H groups in total. The second-order valence-electron chi connectivity index (χ2n) is 1.70. The Labute approximate surface area is 65.9 Å². The van der Waals surface area contributed by atoms with Crippen LogP contribution in [0.1, 0.15) is 0 Å². The van der Waals surface area contributed by atoms with E-state index >= 15 is 0 Å². The van der Waals surface area contributed by atoms with Crippen molar-refractivity contribution in [2.75, 3.05) is 14.2 Å². The summed E-state index contributed by atoms with van der Waals surface area (Å²) in [7, 11) is 2.56. The molecule has 0 aromatic heterocycles. The van der Waals surface area contributed by atoms with Crippen LogP contribution in [-0.4, -0.2) is 24.4 Å². The number of ether oxygens (including phenoxy) is 1. The van der Waals surface area contributed by atoms with Crippen molar-refractivity contribution in [3.63, 3.8) is 0 Å². The number of rotatable bonds is 1. The minimum Gasteiger partial charge on any atom is -0.508 e. The van der Waals surface area contributed by atoms with Crippen LogP contribution in [0, 0.1) is 0 Å². The van der Waals surface area contributed by atoms with Crippen LogP contribution in [0.15, 0.2) is 24.3 Å². The number of hydrogen-bond donors (Lipinski definition) is 2. The number of phenolic OH excluding ortho intramolecular Hbond substituents is 1. The van der Waals surface area contributed by atoms with E-state index in [2.05, 4.69) is 0 Å². The van der Waals surface area contributed by atoms with Gasteiger partial charge in [0.2, 0.25) is 0 Å². The van der Waals surface area contributed by atoms with Crippen LogP contribution in [-0.2, 0) is 0 Å². The SMILES string of the molecule is CO.COc1cccc(O)c1. The minimum atomic E-state index is 0.231. The summed E-state index contributed by atoms with van der Waals surface area (Å²) in [5.74, 6) is 0.907. The molecule has 1 aromatic carbocycles. The molecule has 62 valence electrons. The minimum absolute atomic E-state index is 0.231. The van der Waals surface area contributed by atoms with Crippen molar-refractivity contribution in [1.82, 2.24) is 0 Å². The maximum absolute atomic E-state index is 8.86. The lowest BCUT2D eigenvalue weighted by Crippen LogP contribution is -1.79. The predicted octanol–water partition coefficient (Wildman–Crippen LogP) is 1.01. The van der Waals surface area contributed by atoms with E-state index in [0.717, 1.165) is 7.11 Å². The Kier molecular flexibility index (Phi) is 4.94. The van der Waals surface area contributed by atoms with E-state index in [9.17, 15) is 0 Å². The average molecular weight is 156 g/mol. The van der Waals surface area contributed by atoms with Gasteiger partial charge >= 0.3 is 0 Å². The van der Waals surface area contributed by atoms with Crippen molar-refractivity contribution >= 4 is 0 Å². The molecule has 1 rings (SSSR count). The second-order valence-corrected chi connectivity index (χ2v) is 1.70. The van der Waals surface area contributed by atoms with Gasteiger partial charge in [0.25, 0.3) is 0 Å². The Hall–Kier alpha value is -1.22. The number of aliphatic hydroxyl groups is 1. The lowest BCUT2D eigenvalue weighted by Gasteiger charge is -1.97. The Bertz CT molecular complexity index is 198. The van der Waals surface area contributed by atoms with Gasteiger partial charge in [-0.25, -0.2) is 0 Å². The van der Waals surface area contributed by atoms with Gasteiger partial charge in [-0.1, -0.05) is 6.07 Å². The number of benzene rings is 1. The summed E-state index contributed by atoms with van der Waals surface area (Å²) >= 11 is 0. The van der Waals surface area contributed by atoms with E-state index in [-0.39, 0.29) is 5.75 Å². The van der Waals surface area contributed by atoms with Crippen molar-refractivity contribution < 1.29 is 14.9 Å². The first-order chi connectivity index (χ1) is 5.33. The van der Waals surface area contributed by atoms with Crippen LogP contribution >= 0.6 is 0 Å². The Balaban J connectivity index is 0.000000461. The highest BCUT2D eigenvalue weighted by Gasteiger charge is 1.88. The maximum Gasteiger partial charge on any atom is 0.122 e. The zero-order valence-corrected chi connectivity index (χ0v) is 6.61. The Morgan fingerprint density at radius 2 is 1.91 bits per heavy atom. The first-order valence-electron chi connectivity index (χ1n) is 3.10. The van der Waals surface area contributed by atoms with Crippen molar-refractivity contribution in [2.24, 2.45) is 0 Å². The van der Waals surface area contributed by atoms with Crippen LogP contribution in [0.25, 0.3) is 0 Å². The van der Waals surface area contributed by atoms with E-state index in [1.807, 2.05) is 0 Å². The van der Waals surface area contributed by atoms with Crippen LogP contribution < -0.4 is 4.74 Å². The van der Waals surface area contributed by atoms with Gasteiger partial charge in [-0.2, -0.15) is 0 Å². The largest absolute Gasteiger partial charge is 0.508 e. The summed E-state index contributed by atoms with van der Waals surface area (Å²) in [5.41, 5.74) is 0. The first-order valence-corrected chi connectivity index (χ1v) is 3.10. The summed E-state index contributed by atoms with van der Waals surface area (Å²) in [4.78, 5) is 0. The molecule has 3 nitrogen and oxygen atoms in total. The smallest absolute Gasteiger partial charge is 0.122 e. The topological polar surface area (TPSA) is 49.7 Å². The fraction of sp³-hybridized carbons (Fsp3) is 0.250. The van der Waals surface area contributed by atoms with Crippen LogP contribution in [0.2, 0.25) is 0 Å². The van der Waals surface area contributed by atoms with Gasteiger partial charge in [0.1, 0.15) is 11.5 Å². The normalized spacial score (nSPS) is 7.91. The fourth-order valence-electron chi connectivity index (χ4n) is 0.610. The van der Waals surface area contributed by atoms with E-state index < -0.39 is 0 Å². The molecule has 11 heavy (non-hydrogen) atoms. The maximum atomic E-state index is 8.86. The van der Waals surface area contributed by atoms with Gasteiger partial charge in [-0.05, 0) is 12.1 Å². The molecular formula is C8H12O3. The van der Waals surface area contributed by atoms with Gasteiger partial charge in [-0.3, -0.25) is 0 Å². The molecule has 0 radical (unpaired) electrons. The van der Waals surface area contributed by atoms with E-state index in [1.54, 1.807) is 31.4 Å². The number of aliphatic hydroxyl groups excluding tert-OH is 1. The molecule has 1 aromatic rings. The van der Waals surface area contributed by atoms with Crippen molar-refractivity contribution in [3.05, 3.63) is 24.3 Å². The summed E-state index contributed by atoms with van der Waals surface area (Å²) < 4.78 is 4.84. The summed E-state index contributed by atoms with van der Waals surface area (Å²) in [6, 6.07) is 6.66. The van der Waals surface area contributed by atoms with Gasteiger partial charge in [0.05, 0.1) is 7.11 Å². The number of aromatic hydroxyl groups is 1. The highest BCUT2D eigenvalue weighted by Crippen LogP contribution is 2.16. The van der Waals surface area contributed by atoms with Crippen LogP contribution in [0.5, 0.6) is 11.5 Å². The molecule has 0 aliphatic rings. The molecule has 0 aliphatic carbocycles. The molecule has 0 bridgehead atoms. The third-order valence-electron chi connectivity index (χ3n) is 1.05. The van der Waals surface area contributed by atoms with Gasteiger partial charge < -0.3 is 14.9 Å². The zero-order valence-electron chi connectivity index (χ0n) is 6.61. The number of phenols is 1. The third kappa shape index (κ3) is 3.47. The van der Waals surface area contributed by atoms with E-state index in [4.69, 9.17) is 14.9 Å². The standard InChI is InChI=1S/C7H8O2.CH4O/c1-9-7-4-2-3-6(8)5-7;1-2/h2-5,8H,1H3;2H,1H3. The molecule has 0 amide bonds. The number of methoxy groups -OCH3 is 1. The molecule has 0 atom stereocenters. The quantitative estimate of drug-likeness (QED) is 0.638. The highest BCUT2D eigenvalue weighted by atomic mass is 16.5. The van der Waals surface area contributed by atoms with Crippen molar-refractivity contribution in [1.29, 1.82) is 0 Å². The molecule has 0 aliphatic heterocycles. The monoisotopic (exact) mass is 156 g/mol. The molecule has 0 heterocycles. The lowest BCUT2D eigenvalue weighted by molar-refractivity contribution is 0.399. The van der Waals surface area contributed by atoms with Gasteiger partial charge in [0, 0.05) is 13.2 Å². The van der Waals surface area contributed by atoms with Crippen LogP contribution in [0.3, 0.4) is 0 Å². The first kappa shape index (κ1) is 9.78. The van der Waals surface area contributed by atoms with Gasteiger partial charge in [0.15, 0.2) is 0 Å². The van der Waals surface area contributed by atoms with Crippen molar-refractivity contribution in [2.45, 2.75) is 0 Å². The average Bonchev–Trinajstić information content (AvgIpc) is 2.08. The molecule has 0 saturated heterocycles. The Morgan fingerprint density at radius 1 is 1.27 bits per heavy atom. The molecule has 3 heteroatoms. The van der Waals surface area contributed by atoms with E-state index in [1.165, 1.54) is 0 Å². The summed E-state index contributed by atoms with van der Waals surface area (Å²) in [5, 5.41) is 15.9. The fourth-order valence-corrected chi connectivity index (χ4v) is 0.610.